The highest BCUT2D eigenvalue weighted by atomic mass is 35.5. The van der Waals surface area contributed by atoms with Gasteiger partial charge in [0.2, 0.25) is 5.91 Å². The SMILES string of the molecule is Cc1ccc(C(=O)NCCNC(=O)CCCOc2ccccc2Cl)cc1C. The van der Waals surface area contributed by atoms with Gasteiger partial charge in [-0.05, 0) is 55.7 Å². The maximum absolute atomic E-state index is 12.1. The molecule has 0 radical (unpaired) electrons. The maximum atomic E-state index is 12.1. The molecule has 0 aliphatic rings. The van der Waals surface area contributed by atoms with E-state index in [0.29, 0.717) is 48.9 Å². The predicted molar refractivity (Wildman–Crippen MR) is 107 cm³/mol. The molecule has 0 atom stereocenters. The molecular weight excluding hydrogens is 364 g/mol. The Bertz CT molecular complexity index is 793. The summed E-state index contributed by atoms with van der Waals surface area (Å²) >= 11 is 6.00. The van der Waals surface area contributed by atoms with E-state index in [2.05, 4.69) is 10.6 Å². The molecule has 0 saturated heterocycles. The zero-order valence-corrected chi connectivity index (χ0v) is 16.4. The van der Waals surface area contributed by atoms with Crippen LogP contribution in [0.3, 0.4) is 0 Å². The summed E-state index contributed by atoms with van der Waals surface area (Å²) in [5.41, 5.74) is 2.86. The summed E-state index contributed by atoms with van der Waals surface area (Å²) in [5, 5.41) is 6.14. The first-order valence-electron chi connectivity index (χ1n) is 8.97. The summed E-state index contributed by atoms with van der Waals surface area (Å²) in [6.45, 7) is 5.17. The van der Waals surface area contributed by atoms with Gasteiger partial charge in [0, 0.05) is 25.1 Å². The predicted octanol–water partition coefficient (Wildman–Crippen LogP) is 3.66. The van der Waals surface area contributed by atoms with Crippen LogP contribution >= 0.6 is 11.6 Å². The second-order valence-electron chi connectivity index (χ2n) is 6.29. The second kappa shape index (κ2) is 10.6. The van der Waals surface area contributed by atoms with Crippen LogP contribution in [0.4, 0.5) is 0 Å². The molecule has 0 heterocycles. The summed E-state index contributed by atoms with van der Waals surface area (Å²) in [4.78, 5) is 23.9. The van der Waals surface area contributed by atoms with Crippen molar-refractivity contribution in [2.75, 3.05) is 19.7 Å². The quantitative estimate of drug-likeness (QED) is 0.644. The minimum absolute atomic E-state index is 0.0711. The van der Waals surface area contributed by atoms with Crippen molar-refractivity contribution in [3.63, 3.8) is 0 Å². The molecule has 2 aromatic rings. The van der Waals surface area contributed by atoms with Crippen LogP contribution < -0.4 is 15.4 Å². The largest absolute Gasteiger partial charge is 0.492 e. The third-order valence-electron chi connectivity index (χ3n) is 4.14. The molecule has 0 unspecified atom stereocenters. The Morgan fingerprint density at radius 2 is 1.74 bits per heavy atom. The van der Waals surface area contributed by atoms with E-state index in [0.717, 1.165) is 11.1 Å². The van der Waals surface area contributed by atoms with E-state index in [-0.39, 0.29) is 11.8 Å². The number of amides is 2. The van der Waals surface area contributed by atoms with E-state index in [1.54, 1.807) is 18.2 Å². The van der Waals surface area contributed by atoms with Gasteiger partial charge >= 0.3 is 0 Å². The molecule has 5 nitrogen and oxygen atoms in total. The number of para-hydroxylation sites is 1. The van der Waals surface area contributed by atoms with Gasteiger partial charge in [0.15, 0.2) is 0 Å². The average molecular weight is 389 g/mol. The fourth-order valence-corrected chi connectivity index (χ4v) is 2.62. The number of hydrogen-bond donors (Lipinski definition) is 2. The first-order valence-corrected chi connectivity index (χ1v) is 9.34. The summed E-state index contributed by atoms with van der Waals surface area (Å²) in [6, 6.07) is 12.8. The lowest BCUT2D eigenvalue weighted by molar-refractivity contribution is -0.121. The number of benzene rings is 2. The summed E-state index contributed by atoms with van der Waals surface area (Å²) in [7, 11) is 0. The third-order valence-corrected chi connectivity index (χ3v) is 4.46. The van der Waals surface area contributed by atoms with Crippen molar-refractivity contribution in [2.45, 2.75) is 26.7 Å². The first kappa shape index (κ1) is 20.8. The van der Waals surface area contributed by atoms with Crippen molar-refractivity contribution >= 4 is 23.4 Å². The highest BCUT2D eigenvalue weighted by molar-refractivity contribution is 6.32. The van der Waals surface area contributed by atoms with Crippen LogP contribution in [-0.4, -0.2) is 31.5 Å². The zero-order valence-electron chi connectivity index (χ0n) is 15.7. The van der Waals surface area contributed by atoms with Crippen molar-refractivity contribution in [2.24, 2.45) is 0 Å². The minimum Gasteiger partial charge on any atom is -0.492 e. The van der Waals surface area contributed by atoms with Crippen molar-refractivity contribution in [1.82, 2.24) is 10.6 Å². The van der Waals surface area contributed by atoms with Crippen LogP contribution in [0.5, 0.6) is 5.75 Å². The number of hydrogen-bond acceptors (Lipinski definition) is 3. The number of carbonyl (C=O) groups is 2. The standard InChI is InChI=1S/C21H25ClN2O3/c1-15-9-10-17(14-16(15)2)21(26)24-12-11-23-20(25)8-5-13-27-19-7-4-3-6-18(19)22/h3-4,6-7,9-10,14H,5,8,11-13H2,1-2H3,(H,23,25)(H,24,26). The van der Waals surface area contributed by atoms with Gasteiger partial charge in [0.05, 0.1) is 11.6 Å². The van der Waals surface area contributed by atoms with Crippen LogP contribution in [0.1, 0.15) is 34.3 Å². The Morgan fingerprint density at radius 1 is 1.00 bits per heavy atom. The van der Waals surface area contributed by atoms with Crippen LogP contribution in [0.2, 0.25) is 5.02 Å². The number of carbonyl (C=O) groups excluding carboxylic acids is 2. The monoisotopic (exact) mass is 388 g/mol. The van der Waals surface area contributed by atoms with E-state index in [9.17, 15) is 9.59 Å². The minimum atomic E-state index is -0.138. The maximum Gasteiger partial charge on any atom is 0.251 e. The number of nitrogens with one attached hydrogen (secondary N) is 2. The molecule has 2 amide bonds. The molecular formula is C21H25ClN2O3. The fourth-order valence-electron chi connectivity index (χ4n) is 2.43. The molecule has 0 bridgehead atoms. The second-order valence-corrected chi connectivity index (χ2v) is 6.69. The highest BCUT2D eigenvalue weighted by Crippen LogP contribution is 2.23. The van der Waals surface area contributed by atoms with Gasteiger partial charge in [0.1, 0.15) is 5.75 Å². The van der Waals surface area contributed by atoms with Gasteiger partial charge in [-0.1, -0.05) is 29.8 Å². The van der Waals surface area contributed by atoms with Crippen LogP contribution in [0, 0.1) is 13.8 Å². The van der Waals surface area contributed by atoms with Crippen molar-refractivity contribution in [3.8, 4) is 5.75 Å². The van der Waals surface area contributed by atoms with Crippen LogP contribution in [0.15, 0.2) is 42.5 Å². The molecule has 0 aliphatic heterocycles. The molecule has 0 spiro atoms. The van der Waals surface area contributed by atoms with Gasteiger partial charge in [-0.3, -0.25) is 9.59 Å². The van der Waals surface area contributed by atoms with Gasteiger partial charge in [-0.2, -0.15) is 0 Å². The summed E-state index contributed by atoms with van der Waals surface area (Å²) in [5.74, 6) is 0.410. The lowest BCUT2D eigenvalue weighted by Gasteiger charge is -2.09. The topological polar surface area (TPSA) is 67.4 Å². The van der Waals surface area contributed by atoms with E-state index in [4.69, 9.17) is 16.3 Å². The highest BCUT2D eigenvalue weighted by Gasteiger charge is 2.07. The molecule has 27 heavy (non-hydrogen) atoms. The average Bonchev–Trinajstić information content (AvgIpc) is 2.65. The molecule has 0 saturated carbocycles. The number of aryl methyl sites for hydroxylation is 2. The van der Waals surface area contributed by atoms with Crippen LogP contribution in [0.25, 0.3) is 0 Å². The Morgan fingerprint density at radius 3 is 2.48 bits per heavy atom. The fraction of sp³-hybridized carbons (Fsp3) is 0.333. The zero-order chi connectivity index (χ0) is 19.6. The lowest BCUT2D eigenvalue weighted by Crippen LogP contribution is -2.34. The van der Waals surface area contributed by atoms with E-state index >= 15 is 0 Å². The van der Waals surface area contributed by atoms with Gasteiger partial charge in [-0.25, -0.2) is 0 Å². The molecule has 6 heteroatoms. The van der Waals surface area contributed by atoms with Crippen molar-refractivity contribution in [3.05, 3.63) is 64.2 Å². The number of rotatable bonds is 9. The molecule has 144 valence electrons. The van der Waals surface area contributed by atoms with E-state index < -0.39 is 0 Å². The normalized spacial score (nSPS) is 10.3. The van der Waals surface area contributed by atoms with E-state index in [1.807, 2.05) is 38.1 Å². The Balaban J connectivity index is 1.58. The Kier molecular flexibility index (Phi) is 8.14. The summed E-state index contributed by atoms with van der Waals surface area (Å²) < 4.78 is 5.54. The van der Waals surface area contributed by atoms with Gasteiger partial charge < -0.3 is 15.4 Å². The molecule has 2 aromatic carbocycles. The molecule has 0 aliphatic carbocycles. The summed E-state index contributed by atoms with van der Waals surface area (Å²) in [6.07, 6.45) is 0.946. The lowest BCUT2D eigenvalue weighted by atomic mass is 10.1. The molecule has 2 N–H and O–H groups in total. The Hall–Kier alpha value is -2.53. The van der Waals surface area contributed by atoms with Crippen LogP contribution in [-0.2, 0) is 4.79 Å². The molecule has 0 aromatic heterocycles. The first-order chi connectivity index (χ1) is 13.0. The molecule has 0 fully saturated rings. The number of halogens is 1. The Labute approximate surface area is 165 Å². The van der Waals surface area contributed by atoms with Gasteiger partial charge in [-0.15, -0.1) is 0 Å². The van der Waals surface area contributed by atoms with Gasteiger partial charge in [0.25, 0.3) is 5.91 Å². The smallest absolute Gasteiger partial charge is 0.251 e. The molecule has 2 rings (SSSR count). The van der Waals surface area contributed by atoms with Crippen molar-refractivity contribution < 1.29 is 14.3 Å². The van der Waals surface area contributed by atoms with Crippen molar-refractivity contribution in [1.29, 1.82) is 0 Å². The number of ether oxygens (including phenoxy) is 1. The van der Waals surface area contributed by atoms with E-state index in [1.165, 1.54) is 0 Å². The third kappa shape index (κ3) is 6.94.